The van der Waals surface area contributed by atoms with E-state index in [4.69, 9.17) is 9.73 Å². The molecule has 2 fully saturated rings. The maximum Gasteiger partial charge on any atom is 0.225 e. The number of nitrogens with zero attached hydrogens (tertiary/aromatic N) is 6. The molecule has 1 aromatic rings. The number of aliphatic imine (C=N–C) groups is 1. The molecule has 2 saturated heterocycles. The Bertz CT molecular complexity index is 554. The molecule has 0 amide bonds. The third-order valence-corrected chi connectivity index (χ3v) is 5.00. The van der Waals surface area contributed by atoms with E-state index in [0.29, 0.717) is 0 Å². The first kappa shape index (κ1) is 19.8. The van der Waals surface area contributed by atoms with Crippen molar-refractivity contribution in [2.24, 2.45) is 4.99 Å². The summed E-state index contributed by atoms with van der Waals surface area (Å²) in [5, 5.41) is 3.45. The number of anilines is 1. The largest absolute Gasteiger partial charge is 0.379 e. The molecule has 0 atom stereocenters. The van der Waals surface area contributed by atoms with Gasteiger partial charge in [0.2, 0.25) is 5.95 Å². The predicted octanol–water partition coefficient (Wildman–Crippen LogP) is 0.677. The summed E-state index contributed by atoms with van der Waals surface area (Å²) < 4.78 is 5.40. The molecule has 2 aliphatic heterocycles. The Hall–Kier alpha value is -1.93. The van der Waals surface area contributed by atoms with Gasteiger partial charge in [-0.2, -0.15) is 0 Å². The van der Waals surface area contributed by atoms with Crippen LogP contribution in [0.2, 0.25) is 0 Å². The highest BCUT2D eigenvalue weighted by Crippen LogP contribution is 2.10. The van der Waals surface area contributed by atoms with Gasteiger partial charge in [0.1, 0.15) is 0 Å². The van der Waals surface area contributed by atoms with Crippen LogP contribution in [0.25, 0.3) is 0 Å². The number of piperazine rings is 1. The zero-order valence-electron chi connectivity index (χ0n) is 16.5. The van der Waals surface area contributed by atoms with Gasteiger partial charge in [0.15, 0.2) is 5.96 Å². The lowest BCUT2D eigenvalue weighted by Gasteiger charge is -2.36. The second-order valence-electron chi connectivity index (χ2n) is 6.92. The van der Waals surface area contributed by atoms with Crippen molar-refractivity contribution in [3.8, 4) is 0 Å². The van der Waals surface area contributed by atoms with Crippen LogP contribution in [0.3, 0.4) is 0 Å². The summed E-state index contributed by atoms with van der Waals surface area (Å²) in [5.41, 5.74) is 0. The number of aromatic nitrogens is 2. The quantitative estimate of drug-likeness (QED) is 0.427. The molecule has 0 aromatic carbocycles. The monoisotopic (exact) mass is 375 g/mol. The van der Waals surface area contributed by atoms with Crippen LogP contribution in [-0.2, 0) is 4.74 Å². The van der Waals surface area contributed by atoms with E-state index in [2.05, 4.69) is 36.9 Å². The zero-order valence-corrected chi connectivity index (χ0v) is 16.5. The van der Waals surface area contributed by atoms with Crippen molar-refractivity contribution >= 4 is 11.9 Å². The number of nitrogens with one attached hydrogen (secondary N) is 1. The molecule has 0 saturated carbocycles. The van der Waals surface area contributed by atoms with Crippen molar-refractivity contribution in [1.29, 1.82) is 0 Å². The van der Waals surface area contributed by atoms with Crippen LogP contribution in [-0.4, -0.2) is 97.8 Å². The summed E-state index contributed by atoms with van der Waals surface area (Å²) in [7, 11) is 0. The summed E-state index contributed by atoms with van der Waals surface area (Å²) in [6, 6.07) is 1.86. The van der Waals surface area contributed by atoms with Crippen molar-refractivity contribution in [2.75, 3.05) is 77.0 Å². The van der Waals surface area contributed by atoms with E-state index in [1.54, 1.807) is 12.4 Å². The number of hydrogen-bond acceptors (Lipinski definition) is 6. The maximum absolute atomic E-state index is 5.40. The van der Waals surface area contributed by atoms with E-state index < -0.39 is 0 Å². The summed E-state index contributed by atoms with van der Waals surface area (Å²) in [5.74, 6) is 1.86. The molecule has 0 bridgehead atoms. The van der Waals surface area contributed by atoms with Crippen LogP contribution in [0.4, 0.5) is 5.95 Å². The predicted molar refractivity (Wildman–Crippen MR) is 108 cm³/mol. The van der Waals surface area contributed by atoms with Gasteiger partial charge in [-0.3, -0.25) is 9.89 Å². The molecule has 3 rings (SSSR count). The average molecular weight is 376 g/mol. The molecule has 150 valence electrons. The molecule has 0 spiro atoms. The van der Waals surface area contributed by atoms with Crippen molar-refractivity contribution < 1.29 is 4.74 Å². The second-order valence-corrected chi connectivity index (χ2v) is 6.92. The first-order valence-electron chi connectivity index (χ1n) is 10.2. The molecular weight excluding hydrogens is 342 g/mol. The Morgan fingerprint density at radius 2 is 1.81 bits per heavy atom. The fourth-order valence-electron chi connectivity index (χ4n) is 3.46. The van der Waals surface area contributed by atoms with Gasteiger partial charge in [-0.25, -0.2) is 9.97 Å². The lowest BCUT2D eigenvalue weighted by Crippen LogP contribution is -2.53. The molecule has 1 N–H and O–H groups in total. The standard InChI is InChI=1S/C19H33N7O/c1-2-20-18(21-6-3-4-9-24-14-16-27-17-15-24)25-10-12-26(13-11-25)19-22-7-5-8-23-19/h5,7-8H,2-4,6,9-17H2,1H3,(H,20,21). The Morgan fingerprint density at radius 3 is 2.52 bits per heavy atom. The van der Waals surface area contributed by atoms with Crippen LogP contribution < -0.4 is 10.2 Å². The number of morpholine rings is 1. The van der Waals surface area contributed by atoms with Gasteiger partial charge < -0.3 is 19.9 Å². The summed E-state index contributed by atoms with van der Waals surface area (Å²) >= 11 is 0. The molecule has 27 heavy (non-hydrogen) atoms. The molecule has 2 aliphatic rings. The van der Waals surface area contributed by atoms with Crippen LogP contribution in [0.15, 0.2) is 23.5 Å². The molecular formula is C19H33N7O. The summed E-state index contributed by atoms with van der Waals surface area (Å²) in [6.07, 6.45) is 5.93. The Labute approximate surface area is 162 Å². The molecule has 8 nitrogen and oxygen atoms in total. The van der Waals surface area contributed by atoms with E-state index in [1.165, 1.54) is 6.42 Å². The minimum absolute atomic E-state index is 0.821. The Kier molecular flexibility index (Phi) is 8.10. The first-order valence-corrected chi connectivity index (χ1v) is 10.2. The van der Waals surface area contributed by atoms with Gasteiger partial charge in [0.25, 0.3) is 0 Å². The number of hydrogen-bond donors (Lipinski definition) is 1. The third-order valence-electron chi connectivity index (χ3n) is 5.00. The van der Waals surface area contributed by atoms with Gasteiger partial charge in [0, 0.05) is 64.8 Å². The molecule has 1 aromatic heterocycles. The maximum atomic E-state index is 5.40. The lowest BCUT2D eigenvalue weighted by molar-refractivity contribution is 0.0373. The topological polar surface area (TPSA) is 69.1 Å². The van der Waals surface area contributed by atoms with E-state index in [-0.39, 0.29) is 0 Å². The molecule has 0 radical (unpaired) electrons. The highest BCUT2D eigenvalue weighted by Gasteiger charge is 2.21. The first-order chi connectivity index (χ1) is 13.4. The lowest BCUT2D eigenvalue weighted by atomic mass is 10.3. The smallest absolute Gasteiger partial charge is 0.225 e. The number of ether oxygens (including phenoxy) is 1. The minimum Gasteiger partial charge on any atom is -0.379 e. The minimum atomic E-state index is 0.821. The molecule has 8 heteroatoms. The number of rotatable bonds is 7. The third kappa shape index (κ3) is 6.32. The van der Waals surface area contributed by atoms with Crippen LogP contribution in [0.5, 0.6) is 0 Å². The van der Waals surface area contributed by atoms with Crippen molar-refractivity contribution in [3.05, 3.63) is 18.5 Å². The molecule has 0 unspecified atom stereocenters. The average Bonchev–Trinajstić information content (AvgIpc) is 2.74. The highest BCUT2D eigenvalue weighted by atomic mass is 16.5. The van der Waals surface area contributed by atoms with E-state index in [0.717, 1.165) is 90.4 Å². The Balaban J connectivity index is 1.40. The molecule has 3 heterocycles. The summed E-state index contributed by atoms with van der Waals surface area (Å²) in [6.45, 7) is 12.7. The fourth-order valence-corrected chi connectivity index (χ4v) is 3.46. The fraction of sp³-hybridized carbons (Fsp3) is 0.737. The number of unbranched alkanes of at least 4 members (excludes halogenated alkanes) is 1. The van der Waals surface area contributed by atoms with E-state index >= 15 is 0 Å². The van der Waals surface area contributed by atoms with Gasteiger partial charge in [-0.15, -0.1) is 0 Å². The van der Waals surface area contributed by atoms with E-state index in [1.807, 2.05) is 6.07 Å². The number of guanidine groups is 1. The SMILES string of the molecule is CCNC(=NCCCCN1CCOCC1)N1CCN(c2ncccn2)CC1. The van der Waals surface area contributed by atoms with Gasteiger partial charge in [-0.05, 0) is 32.4 Å². The highest BCUT2D eigenvalue weighted by molar-refractivity contribution is 5.80. The van der Waals surface area contributed by atoms with Crippen molar-refractivity contribution in [2.45, 2.75) is 19.8 Å². The van der Waals surface area contributed by atoms with E-state index in [9.17, 15) is 0 Å². The second kappa shape index (κ2) is 11.0. The van der Waals surface area contributed by atoms with Gasteiger partial charge in [0.05, 0.1) is 13.2 Å². The zero-order chi connectivity index (χ0) is 18.7. The van der Waals surface area contributed by atoms with Crippen LogP contribution in [0.1, 0.15) is 19.8 Å². The normalized spacial score (nSPS) is 19.4. The van der Waals surface area contributed by atoms with Crippen molar-refractivity contribution in [1.82, 2.24) is 25.1 Å². The Morgan fingerprint density at radius 1 is 1.07 bits per heavy atom. The van der Waals surface area contributed by atoms with Crippen molar-refractivity contribution in [3.63, 3.8) is 0 Å². The van der Waals surface area contributed by atoms with Gasteiger partial charge in [-0.1, -0.05) is 0 Å². The van der Waals surface area contributed by atoms with Crippen LogP contribution >= 0.6 is 0 Å². The molecule has 0 aliphatic carbocycles. The van der Waals surface area contributed by atoms with Gasteiger partial charge >= 0.3 is 0 Å². The van der Waals surface area contributed by atoms with Crippen LogP contribution in [0, 0.1) is 0 Å². The summed E-state index contributed by atoms with van der Waals surface area (Å²) in [4.78, 5) is 20.6.